The van der Waals surface area contributed by atoms with Crippen LogP contribution >= 0.6 is 0 Å². The van der Waals surface area contributed by atoms with Gasteiger partial charge in [0.2, 0.25) is 0 Å². The zero-order valence-corrected chi connectivity index (χ0v) is 12.7. The number of rotatable bonds is 3. The lowest BCUT2D eigenvalue weighted by atomic mass is 10.2. The molecule has 2 amide bonds. The Morgan fingerprint density at radius 3 is 2.92 bits per heavy atom. The number of aromatic nitrogens is 2. The molecule has 0 atom stereocenters. The molecule has 0 saturated carbocycles. The molecule has 0 radical (unpaired) electrons. The van der Waals surface area contributed by atoms with E-state index in [9.17, 15) is 14.4 Å². The second-order valence-corrected chi connectivity index (χ2v) is 4.95. The molecule has 0 bridgehead atoms. The summed E-state index contributed by atoms with van der Waals surface area (Å²) in [6, 6.07) is 9.11. The first kappa shape index (κ1) is 14.2. The minimum Gasteiger partial charge on any atom is -0.372 e. The van der Waals surface area contributed by atoms with Crippen molar-refractivity contribution in [3.05, 3.63) is 69.1 Å². The predicted octanol–water partition coefficient (Wildman–Crippen LogP) is 1.15. The van der Waals surface area contributed by atoms with Gasteiger partial charge >= 0.3 is 17.4 Å². The van der Waals surface area contributed by atoms with Gasteiger partial charge in [0.1, 0.15) is 5.82 Å². The molecule has 122 valence electrons. The molecule has 0 fully saturated rings. The van der Waals surface area contributed by atoms with Crippen molar-refractivity contribution >= 4 is 22.8 Å². The fraction of sp³-hybridized carbons (Fsp3) is 0.125. The molecule has 2 N–H and O–H groups in total. The summed E-state index contributed by atoms with van der Waals surface area (Å²) in [6.07, 6.45) is -0.0707. The minimum absolute atomic E-state index is 0.0555. The smallest absolute Gasteiger partial charge is 0.372 e. The van der Waals surface area contributed by atoms with Crippen LogP contribution in [0.2, 0.25) is 0 Å². The summed E-state index contributed by atoms with van der Waals surface area (Å²) in [5.74, 6) is -0.621. The molecule has 0 unspecified atom stereocenters. The number of urea groups is 1. The number of amides is 2. The van der Waals surface area contributed by atoms with E-state index in [2.05, 4.69) is 15.6 Å². The molecular formula is C16H14N4O4. The van der Waals surface area contributed by atoms with Crippen LogP contribution in [0.15, 0.2) is 56.6 Å². The Morgan fingerprint density at radius 2 is 2.12 bits per heavy atom. The number of nitrogens with zero attached hydrogens (tertiary/aromatic N) is 2. The van der Waals surface area contributed by atoms with E-state index in [4.69, 9.17) is 5.79 Å². The van der Waals surface area contributed by atoms with Crippen molar-refractivity contribution in [3.63, 3.8) is 0 Å². The summed E-state index contributed by atoms with van der Waals surface area (Å²) in [7, 11) is 1.46. The molecular weight excluding hydrogens is 312 g/mol. The molecule has 0 aliphatic carbocycles. The number of nitrogens with one attached hydrogen (secondary N) is 2. The summed E-state index contributed by atoms with van der Waals surface area (Å²) in [6.45, 7) is 0.0555. The van der Waals surface area contributed by atoms with Crippen LogP contribution in [0.4, 0.5) is 10.6 Å². The fourth-order valence-corrected chi connectivity index (χ4v) is 2.27. The third-order valence-electron chi connectivity index (χ3n) is 3.38. The monoisotopic (exact) mass is 327 g/mol. The highest BCUT2D eigenvalue weighted by atomic mass is 16.4. The molecule has 0 spiro atoms. The van der Waals surface area contributed by atoms with E-state index in [0.717, 1.165) is 0 Å². The lowest BCUT2D eigenvalue weighted by Gasteiger charge is -2.09. The summed E-state index contributed by atoms with van der Waals surface area (Å²) in [5, 5.41) is 5.15. The lowest BCUT2D eigenvalue weighted by molar-refractivity contribution is 0.254. The number of pyridine rings is 1. The quantitative estimate of drug-likeness (QED) is 0.750. The topological polar surface area (TPSA) is 106 Å². The number of hydrogen-bond acceptors (Lipinski definition) is 5. The van der Waals surface area contributed by atoms with Gasteiger partial charge in [-0.15, -0.1) is 0 Å². The van der Waals surface area contributed by atoms with Crippen molar-refractivity contribution in [2.45, 2.75) is 6.54 Å². The third-order valence-corrected chi connectivity index (χ3v) is 3.38. The number of para-hydroxylation sites is 1. The van der Waals surface area contributed by atoms with Crippen LogP contribution in [-0.4, -0.2) is 22.6 Å². The summed E-state index contributed by atoms with van der Waals surface area (Å²) >= 11 is 0. The average Bonchev–Trinajstić information content (AvgIpc) is 2.58. The van der Waals surface area contributed by atoms with Crippen LogP contribution in [0.5, 0.6) is 0 Å². The van der Waals surface area contributed by atoms with Gasteiger partial charge in [-0.3, -0.25) is 9.88 Å². The van der Waals surface area contributed by atoms with Crippen molar-refractivity contribution in [1.29, 1.82) is 0 Å². The SMILES string of the molecule is [2H]c1cc(Cn2c(=O)oc(=O)c3ccccc32)cc(NC(=O)NC)n1. The Balaban J connectivity index is 2.06. The van der Waals surface area contributed by atoms with Crippen molar-refractivity contribution in [2.75, 3.05) is 12.4 Å². The predicted molar refractivity (Wildman–Crippen MR) is 88.2 cm³/mol. The summed E-state index contributed by atoms with van der Waals surface area (Å²) in [5.41, 5.74) is 0.273. The van der Waals surface area contributed by atoms with Crippen molar-refractivity contribution in [1.82, 2.24) is 14.9 Å². The van der Waals surface area contributed by atoms with Gasteiger partial charge in [-0.1, -0.05) is 12.1 Å². The molecule has 1 aromatic carbocycles. The van der Waals surface area contributed by atoms with E-state index in [-0.39, 0.29) is 23.9 Å². The highest BCUT2D eigenvalue weighted by Gasteiger charge is 2.10. The Morgan fingerprint density at radius 1 is 1.33 bits per heavy atom. The van der Waals surface area contributed by atoms with Crippen molar-refractivity contribution in [3.8, 4) is 0 Å². The van der Waals surface area contributed by atoms with E-state index < -0.39 is 17.4 Å². The minimum atomic E-state index is -0.798. The van der Waals surface area contributed by atoms with Gasteiger partial charge in [-0.2, -0.15) is 0 Å². The van der Waals surface area contributed by atoms with E-state index in [1.165, 1.54) is 17.7 Å². The molecule has 24 heavy (non-hydrogen) atoms. The molecule has 8 nitrogen and oxygen atoms in total. The second-order valence-electron chi connectivity index (χ2n) is 4.95. The standard InChI is InChI=1S/C16H14N4O4/c1-17-15(22)19-13-8-10(6-7-18-13)9-20-12-5-3-2-4-11(12)14(21)24-16(20)23/h2-8H,9H2,1H3,(H2,17,18,19,22)/i7D. The maximum atomic E-state index is 12.1. The lowest BCUT2D eigenvalue weighted by Crippen LogP contribution is -2.26. The van der Waals surface area contributed by atoms with Crippen LogP contribution in [0.1, 0.15) is 6.93 Å². The van der Waals surface area contributed by atoms with Crippen LogP contribution in [0, 0.1) is 0 Å². The summed E-state index contributed by atoms with van der Waals surface area (Å²) in [4.78, 5) is 39.2. The number of carbonyl (C=O) groups is 1. The van der Waals surface area contributed by atoms with Crippen molar-refractivity contribution in [2.24, 2.45) is 0 Å². The Labute approximate surface area is 137 Å². The molecule has 2 heterocycles. The first-order valence-corrected chi connectivity index (χ1v) is 7.07. The number of benzene rings is 1. The molecule has 3 rings (SSSR count). The van der Waals surface area contributed by atoms with Gasteiger partial charge in [-0.05, 0) is 29.8 Å². The van der Waals surface area contributed by atoms with Gasteiger partial charge in [0.05, 0.1) is 18.8 Å². The van der Waals surface area contributed by atoms with Crippen molar-refractivity contribution < 1.29 is 10.6 Å². The number of hydrogen-bond donors (Lipinski definition) is 2. The maximum Gasteiger partial charge on any atom is 0.422 e. The van der Waals surface area contributed by atoms with Gasteiger partial charge in [0.25, 0.3) is 0 Å². The normalized spacial score (nSPS) is 11.1. The largest absolute Gasteiger partial charge is 0.422 e. The zero-order valence-electron chi connectivity index (χ0n) is 13.7. The van der Waals surface area contributed by atoms with Gasteiger partial charge in [-0.25, -0.2) is 19.4 Å². The molecule has 3 aromatic rings. The number of carbonyl (C=O) groups excluding carboxylic acids is 1. The Hall–Kier alpha value is -3.42. The highest BCUT2D eigenvalue weighted by Crippen LogP contribution is 2.12. The maximum absolute atomic E-state index is 12.1. The zero-order chi connectivity index (χ0) is 18.0. The van der Waals surface area contributed by atoms with E-state index in [1.807, 2.05) is 0 Å². The van der Waals surface area contributed by atoms with Gasteiger partial charge in [0, 0.05) is 13.2 Å². The molecule has 0 aliphatic rings. The van der Waals surface area contributed by atoms with Gasteiger partial charge in [0.15, 0.2) is 0 Å². The first-order valence-electron chi connectivity index (χ1n) is 7.57. The second kappa shape index (κ2) is 6.37. The van der Waals surface area contributed by atoms with Crippen LogP contribution in [0.3, 0.4) is 0 Å². The highest BCUT2D eigenvalue weighted by molar-refractivity contribution is 5.87. The van der Waals surface area contributed by atoms with Gasteiger partial charge < -0.3 is 9.73 Å². The van der Waals surface area contributed by atoms with Crippen LogP contribution in [-0.2, 0) is 6.54 Å². The van der Waals surface area contributed by atoms with E-state index in [0.29, 0.717) is 11.1 Å². The van der Waals surface area contributed by atoms with Crippen LogP contribution in [0.25, 0.3) is 10.9 Å². The number of fused-ring (bicyclic) bond motifs is 1. The number of anilines is 1. The fourth-order valence-electron chi connectivity index (χ4n) is 2.27. The Kier molecular flexibility index (Phi) is 3.77. The van der Waals surface area contributed by atoms with E-state index in [1.54, 1.807) is 30.3 Å². The molecule has 0 aliphatic heterocycles. The average molecular weight is 327 g/mol. The summed E-state index contributed by atoms with van der Waals surface area (Å²) < 4.78 is 13.8. The van der Waals surface area contributed by atoms with Crippen LogP contribution < -0.4 is 22.0 Å². The first-order chi connectivity index (χ1) is 12.0. The Bertz CT molecular complexity index is 1070. The molecule has 0 saturated heterocycles. The molecule has 2 aromatic heterocycles. The third kappa shape index (κ3) is 3.02. The molecule has 8 heteroatoms. The van der Waals surface area contributed by atoms with E-state index >= 15 is 0 Å².